The van der Waals surface area contributed by atoms with Gasteiger partial charge in [0.15, 0.2) is 5.76 Å². The van der Waals surface area contributed by atoms with Gasteiger partial charge in [0, 0.05) is 19.6 Å². The summed E-state index contributed by atoms with van der Waals surface area (Å²) in [5.41, 5.74) is 3.82. The highest BCUT2D eigenvalue weighted by Crippen LogP contribution is 2.21. The third-order valence-corrected chi connectivity index (χ3v) is 5.01. The molecule has 0 spiro atoms. The standard InChI is InChI=1S/C23H24N2O2/c1-24(15-18-7-3-2-4-8-18)17-21-11-12-22(27-21)23(26)25-14-13-19-9-5-6-10-20(19)16-25/h2-12H,13-17H2,1H3. The largest absolute Gasteiger partial charge is 0.455 e. The van der Waals surface area contributed by atoms with Crippen LogP contribution in [0.4, 0.5) is 0 Å². The summed E-state index contributed by atoms with van der Waals surface area (Å²) < 4.78 is 5.86. The molecule has 0 N–H and O–H groups in total. The molecule has 0 saturated heterocycles. The minimum Gasteiger partial charge on any atom is -0.455 e. The van der Waals surface area contributed by atoms with Gasteiger partial charge in [0.2, 0.25) is 0 Å². The SMILES string of the molecule is CN(Cc1ccccc1)Cc1ccc(C(=O)N2CCc3ccccc3C2)o1. The molecule has 4 nitrogen and oxygen atoms in total. The van der Waals surface area contributed by atoms with Gasteiger partial charge in [-0.05, 0) is 42.3 Å². The number of amides is 1. The van der Waals surface area contributed by atoms with E-state index < -0.39 is 0 Å². The zero-order valence-corrected chi connectivity index (χ0v) is 15.6. The highest BCUT2D eigenvalue weighted by atomic mass is 16.4. The molecule has 27 heavy (non-hydrogen) atoms. The van der Waals surface area contributed by atoms with Gasteiger partial charge < -0.3 is 9.32 Å². The lowest BCUT2D eigenvalue weighted by molar-refractivity contribution is 0.0698. The van der Waals surface area contributed by atoms with Crippen molar-refractivity contribution in [2.24, 2.45) is 0 Å². The topological polar surface area (TPSA) is 36.7 Å². The number of rotatable bonds is 5. The van der Waals surface area contributed by atoms with E-state index in [0.717, 1.165) is 25.3 Å². The molecule has 1 amide bonds. The fourth-order valence-corrected chi connectivity index (χ4v) is 3.62. The van der Waals surface area contributed by atoms with Crippen molar-refractivity contribution in [3.8, 4) is 0 Å². The first-order valence-corrected chi connectivity index (χ1v) is 9.36. The summed E-state index contributed by atoms with van der Waals surface area (Å²) in [6.07, 6.45) is 0.898. The lowest BCUT2D eigenvalue weighted by Crippen LogP contribution is -2.35. The van der Waals surface area contributed by atoms with Crippen LogP contribution in [0.2, 0.25) is 0 Å². The van der Waals surface area contributed by atoms with Crippen LogP contribution in [0.3, 0.4) is 0 Å². The first kappa shape index (κ1) is 17.6. The number of carbonyl (C=O) groups excluding carboxylic acids is 1. The van der Waals surface area contributed by atoms with Crippen molar-refractivity contribution in [3.63, 3.8) is 0 Å². The van der Waals surface area contributed by atoms with Gasteiger partial charge in [0.1, 0.15) is 5.76 Å². The molecule has 0 atom stereocenters. The Kier molecular flexibility index (Phi) is 5.07. The van der Waals surface area contributed by atoms with Crippen molar-refractivity contribution in [2.45, 2.75) is 26.1 Å². The van der Waals surface area contributed by atoms with Gasteiger partial charge in [-0.25, -0.2) is 0 Å². The monoisotopic (exact) mass is 360 g/mol. The Hall–Kier alpha value is -2.85. The van der Waals surface area contributed by atoms with Gasteiger partial charge >= 0.3 is 0 Å². The molecule has 0 aliphatic carbocycles. The van der Waals surface area contributed by atoms with Crippen molar-refractivity contribution in [1.82, 2.24) is 9.80 Å². The molecular formula is C23H24N2O2. The molecule has 4 rings (SSSR count). The molecule has 2 aromatic carbocycles. The van der Waals surface area contributed by atoms with E-state index in [9.17, 15) is 4.79 Å². The van der Waals surface area contributed by atoms with Crippen LogP contribution in [0.25, 0.3) is 0 Å². The van der Waals surface area contributed by atoms with Crippen molar-refractivity contribution >= 4 is 5.91 Å². The number of hydrogen-bond acceptors (Lipinski definition) is 3. The zero-order chi connectivity index (χ0) is 18.6. The summed E-state index contributed by atoms with van der Waals surface area (Å²) >= 11 is 0. The highest BCUT2D eigenvalue weighted by Gasteiger charge is 2.23. The number of furan rings is 1. The molecule has 0 radical (unpaired) electrons. The zero-order valence-electron chi connectivity index (χ0n) is 15.6. The number of hydrogen-bond donors (Lipinski definition) is 0. The number of carbonyl (C=O) groups is 1. The van der Waals surface area contributed by atoms with Crippen LogP contribution in [-0.2, 0) is 26.1 Å². The van der Waals surface area contributed by atoms with Gasteiger partial charge in [-0.15, -0.1) is 0 Å². The van der Waals surface area contributed by atoms with E-state index >= 15 is 0 Å². The normalized spacial score (nSPS) is 13.6. The first-order chi connectivity index (χ1) is 13.2. The third kappa shape index (κ3) is 4.12. The van der Waals surface area contributed by atoms with Gasteiger partial charge in [-0.2, -0.15) is 0 Å². The number of benzene rings is 2. The second-order valence-corrected chi connectivity index (χ2v) is 7.17. The predicted octanol–water partition coefficient (Wildman–Crippen LogP) is 4.11. The fourth-order valence-electron chi connectivity index (χ4n) is 3.62. The Labute approximate surface area is 160 Å². The lowest BCUT2D eigenvalue weighted by atomic mass is 10.00. The molecule has 1 aliphatic heterocycles. The molecule has 3 aromatic rings. The van der Waals surface area contributed by atoms with Crippen molar-refractivity contribution in [1.29, 1.82) is 0 Å². The van der Waals surface area contributed by atoms with E-state index in [1.165, 1.54) is 16.7 Å². The minimum absolute atomic E-state index is 0.0264. The Bertz CT molecular complexity index is 917. The van der Waals surface area contributed by atoms with E-state index in [4.69, 9.17) is 4.42 Å². The van der Waals surface area contributed by atoms with Crippen molar-refractivity contribution in [2.75, 3.05) is 13.6 Å². The molecule has 0 fully saturated rings. The summed E-state index contributed by atoms with van der Waals surface area (Å²) in [5.74, 6) is 1.22. The second kappa shape index (κ2) is 7.80. The van der Waals surface area contributed by atoms with Crippen LogP contribution in [0, 0.1) is 0 Å². The van der Waals surface area contributed by atoms with Crippen LogP contribution in [0.15, 0.2) is 71.1 Å². The van der Waals surface area contributed by atoms with E-state index in [0.29, 0.717) is 18.8 Å². The molecule has 2 heterocycles. The van der Waals surface area contributed by atoms with Crippen LogP contribution >= 0.6 is 0 Å². The average Bonchev–Trinajstić information content (AvgIpc) is 3.16. The lowest BCUT2D eigenvalue weighted by Gasteiger charge is -2.28. The fraction of sp³-hybridized carbons (Fsp3) is 0.261. The Morgan fingerprint density at radius 3 is 2.52 bits per heavy atom. The van der Waals surface area contributed by atoms with Crippen molar-refractivity contribution < 1.29 is 9.21 Å². The Morgan fingerprint density at radius 2 is 1.70 bits per heavy atom. The number of nitrogens with zero attached hydrogens (tertiary/aromatic N) is 2. The quantitative estimate of drug-likeness (QED) is 0.687. The minimum atomic E-state index is -0.0264. The predicted molar refractivity (Wildman–Crippen MR) is 105 cm³/mol. The average molecular weight is 360 g/mol. The molecule has 1 aliphatic rings. The highest BCUT2D eigenvalue weighted by molar-refractivity contribution is 5.91. The van der Waals surface area contributed by atoms with Crippen LogP contribution < -0.4 is 0 Å². The first-order valence-electron chi connectivity index (χ1n) is 9.36. The van der Waals surface area contributed by atoms with E-state index in [-0.39, 0.29) is 5.91 Å². The van der Waals surface area contributed by atoms with E-state index in [1.807, 2.05) is 35.2 Å². The summed E-state index contributed by atoms with van der Waals surface area (Å²) in [4.78, 5) is 16.9. The maximum absolute atomic E-state index is 12.8. The van der Waals surface area contributed by atoms with Crippen LogP contribution in [-0.4, -0.2) is 29.3 Å². The van der Waals surface area contributed by atoms with E-state index in [1.54, 1.807) is 6.07 Å². The van der Waals surface area contributed by atoms with Gasteiger partial charge in [0.05, 0.1) is 6.54 Å². The molecule has 0 bridgehead atoms. The van der Waals surface area contributed by atoms with Gasteiger partial charge in [-0.3, -0.25) is 9.69 Å². The molecule has 1 aromatic heterocycles. The maximum atomic E-state index is 12.8. The van der Waals surface area contributed by atoms with Crippen molar-refractivity contribution in [3.05, 3.63) is 94.9 Å². The Morgan fingerprint density at radius 1 is 0.963 bits per heavy atom. The molecule has 138 valence electrons. The molecule has 0 saturated carbocycles. The summed E-state index contributed by atoms with van der Waals surface area (Å²) in [6.45, 7) is 2.90. The van der Waals surface area contributed by atoms with Gasteiger partial charge in [-0.1, -0.05) is 54.6 Å². The Balaban J connectivity index is 1.38. The smallest absolute Gasteiger partial charge is 0.289 e. The van der Waals surface area contributed by atoms with Crippen LogP contribution in [0.5, 0.6) is 0 Å². The molecule has 0 unspecified atom stereocenters. The van der Waals surface area contributed by atoms with Gasteiger partial charge in [0.25, 0.3) is 5.91 Å². The number of fused-ring (bicyclic) bond motifs is 1. The van der Waals surface area contributed by atoms with Crippen LogP contribution in [0.1, 0.15) is 33.0 Å². The second-order valence-electron chi connectivity index (χ2n) is 7.17. The summed E-state index contributed by atoms with van der Waals surface area (Å²) in [7, 11) is 2.05. The molecular weight excluding hydrogens is 336 g/mol. The third-order valence-electron chi connectivity index (χ3n) is 5.01. The summed E-state index contributed by atoms with van der Waals surface area (Å²) in [5, 5.41) is 0. The van der Waals surface area contributed by atoms with E-state index in [2.05, 4.69) is 42.3 Å². The molecule has 4 heteroatoms. The maximum Gasteiger partial charge on any atom is 0.289 e. The summed E-state index contributed by atoms with van der Waals surface area (Å²) in [6, 6.07) is 22.4.